The minimum atomic E-state index is 0.410. The molecule has 0 bridgehead atoms. The molecule has 14 heavy (non-hydrogen) atoms. The quantitative estimate of drug-likeness (QED) is 0.684. The van der Waals surface area contributed by atoms with E-state index in [1.54, 1.807) is 12.4 Å². The average Bonchev–Trinajstić information content (AvgIpc) is 2.21. The van der Waals surface area contributed by atoms with Gasteiger partial charge < -0.3 is 4.90 Å². The van der Waals surface area contributed by atoms with Crippen LogP contribution < -0.4 is 0 Å². The average molecular weight is 187 g/mol. The van der Waals surface area contributed by atoms with E-state index in [0.717, 1.165) is 6.42 Å². The molecule has 0 aliphatic carbocycles. The van der Waals surface area contributed by atoms with Crippen LogP contribution in [0.4, 0.5) is 0 Å². The van der Waals surface area contributed by atoms with Crippen LogP contribution in [0.1, 0.15) is 12.5 Å². The zero-order chi connectivity index (χ0) is 10.4. The minimum absolute atomic E-state index is 0.410. The molecule has 0 saturated heterocycles. The summed E-state index contributed by atoms with van der Waals surface area (Å²) in [5.41, 5.74) is 1.34. The molecule has 0 heterocycles. The summed E-state index contributed by atoms with van der Waals surface area (Å²) < 4.78 is 0. The standard InChI is InChI=1S/C13H17N/c1-4-14(5-2)12(3)11-13-9-7-6-8-10-13/h4-10,12H,1-2,11H2,3H3. The van der Waals surface area contributed by atoms with E-state index in [2.05, 4.69) is 44.3 Å². The second-order valence-corrected chi connectivity index (χ2v) is 3.35. The van der Waals surface area contributed by atoms with Crippen LogP contribution >= 0.6 is 0 Å². The molecule has 1 heteroatoms. The summed E-state index contributed by atoms with van der Waals surface area (Å²) in [5, 5.41) is 0. The van der Waals surface area contributed by atoms with Crippen LogP contribution in [-0.4, -0.2) is 10.9 Å². The Hall–Kier alpha value is -1.50. The maximum Gasteiger partial charge on any atom is 0.0342 e. The summed E-state index contributed by atoms with van der Waals surface area (Å²) in [5.74, 6) is 0. The number of benzene rings is 1. The third-order valence-electron chi connectivity index (χ3n) is 2.30. The molecule has 0 aliphatic heterocycles. The summed E-state index contributed by atoms with van der Waals surface area (Å²) in [4.78, 5) is 2.02. The molecule has 74 valence electrons. The van der Waals surface area contributed by atoms with Gasteiger partial charge in [-0.3, -0.25) is 0 Å². The normalized spacial score (nSPS) is 11.8. The van der Waals surface area contributed by atoms with Crippen molar-refractivity contribution >= 4 is 0 Å². The lowest BCUT2D eigenvalue weighted by molar-refractivity contribution is 0.389. The second-order valence-electron chi connectivity index (χ2n) is 3.35. The Morgan fingerprint density at radius 3 is 2.29 bits per heavy atom. The lowest BCUT2D eigenvalue weighted by atomic mass is 10.1. The lowest BCUT2D eigenvalue weighted by Crippen LogP contribution is -2.24. The van der Waals surface area contributed by atoms with Gasteiger partial charge in [0.15, 0.2) is 0 Å². The van der Waals surface area contributed by atoms with Crippen LogP contribution in [0.15, 0.2) is 55.9 Å². The Balaban J connectivity index is 2.60. The van der Waals surface area contributed by atoms with Crippen molar-refractivity contribution in [3.05, 3.63) is 61.5 Å². The van der Waals surface area contributed by atoms with Crippen LogP contribution in [0.5, 0.6) is 0 Å². The summed E-state index contributed by atoms with van der Waals surface area (Å²) in [6.07, 6.45) is 4.63. The fourth-order valence-corrected chi connectivity index (χ4v) is 1.50. The predicted octanol–water partition coefficient (Wildman–Crippen LogP) is 3.21. The highest BCUT2D eigenvalue weighted by atomic mass is 15.1. The first-order valence-corrected chi connectivity index (χ1v) is 4.84. The van der Waals surface area contributed by atoms with Crippen molar-refractivity contribution in [2.24, 2.45) is 0 Å². The Bertz CT molecular complexity index is 281. The SMILES string of the molecule is C=CN(C=C)C(C)Cc1ccccc1. The molecular formula is C13H17N. The lowest BCUT2D eigenvalue weighted by Gasteiger charge is -2.23. The Morgan fingerprint density at radius 2 is 1.79 bits per heavy atom. The van der Waals surface area contributed by atoms with Crippen molar-refractivity contribution in [3.8, 4) is 0 Å². The van der Waals surface area contributed by atoms with E-state index < -0.39 is 0 Å². The molecule has 0 fully saturated rings. The van der Waals surface area contributed by atoms with Gasteiger partial charge in [-0.15, -0.1) is 0 Å². The molecule has 1 aromatic rings. The van der Waals surface area contributed by atoms with Crippen LogP contribution in [0, 0.1) is 0 Å². The third-order valence-corrected chi connectivity index (χ3v) is 2.30. The van der Waals surface area contributed by atoms with Crippen LogP contribution in [0.2, 0.25) is 0 Å². The Labute approximate surface area is 86.4 Å². The number of rotatable bonds is 5. The van der Waals surface area contributed by atoms with Crippen LogP contribution in [0.25, 0.3) is 0 Å². The highest BCUT2D eigenvalue weighted by Crippen LogP contribution is 2.08. The van der Waals surface area contributed by atoms with Gasteiger partial charge in [0.25, 0.3) is 0 Å². The Morgan fingerprint density at radius 1 is 1.21 bits per heavy atom. The van der Waals surface area contributed by atoms with E-state index in [-0.39, 0.29) is 0 Å². The third kappa shape index (κ3) is 2.77. The second kappa shape index (κ2) is 5.28. The van der Waals surface area contributed by atoms with E-state index in [9.17, 15) is 0 Å². The molecule has 1 aromatic carbocycles. The summed E-state index contributed by atoms with van der Waals surface area (Å²) in [6, 6.07) is 10.9. The maximum absolute atomic E-state index is 3.75. The van der Waals surface area contributed by atoms with Gasteiger partial charge in [-0.05, 0) is 31.3 Å². The topological polar surface area (TPSA) is 3.24 Å². The molecule has 1 nitrogen and oxygen atoms in total. The predicted molar refractivity (Wildman–Crippen MR) is 61.8 cm³/mol. The highest BCUT2D eigenvalue weighted by Gasteiger charge is 2.06. The first-order chi connectivity index (χ1) is 6.77. The molecule has 0 aromatic heterocycles. The first-order valence-electron chi connectivity index (χ1n) is 4.84. The van der Waals surface area contributed by atoms with Crippen molar-refractivity contribution in [2.75, 3.05) is 0 Å². The van der Waals surface area contributed by atoms with E-state index in [1.807, 2.05) is 11.0 Å². The van der Waals surface area contributed by atoms with Crippen molar-refractivity contribution < 1.29 is 0 Å². The smallest absolute Gasteiger partial charge is 0.0342 e. The van der Waals surface area contributed by atoms with Crippen molar-refractivity contribution in [1.29, 1.82) is 0 Å². The minimum Gasteiger partial charge on any atom is -0.352 e. The zero-order valence-electron chi connectivity index (χ0n) is 8.69. The molecular weight excluding hydrogens is 170 g/mol. The molecule has 0 amide bonds. The van der Waals surface area contributed by atoms with Gasteiger partial charge in [0.05, 0.1) is 0 Å². The van der Waals surface area contributed by atoms with Crippen LogP contribution in [-0.2, 0) is 6.42 Å². The highest BCUT2D eigenvalue weighted by molar-refractivity contribution is 5.16. The molecule has 0 aliphatic rings. The monoisotopic (exact) mass is 187 g/mol. The van der Waals surface area contributed by atoms with Gasteiger partial charge in [0.2, 0.25) is 0 Å². The molecule has 0 spiro atoms. The molecule has 0 saturated carbocycles. The number of nitrogens with zero attached hydrogens (tertiary/aromatic N) is 1. The van der Waals surface area contributed by atoms with Crippen molar-refractivity contribution in [2.45, 2.75) is 19.4 Å². The fourth-order valence-electron chi connectivity index (χ4n) is 1.50. The summed E-state index contributed by atoms with van der Waals surface area (Å²) in [6.45, 7) is 9.66. The summed E-state index contributed by atoms with van der Waals surface area (Å²) in [7, 11) is 0. The van der Waals surface area contributed by atoms with Crippen LogP contribution in [0.3, 0.4) is 0 Å². The van der Waals surface area contributed by atoms with Crippen molar-refractivity contribution in [3.63, 3.8) is 0 Å². The molecule has 1 atom stereocenters. The van der Waals surface area contributed by atoms with Gasteiger partial charge in [-0.25, -0.2) is 0 Å². The summed E-state index contributed by atoms with van der Waals surface area (Å²) >= 11 is 0. The largest absolute Gasteiger partial charge is 0.352 e. The molecule has 0 radical (unpaired) electrons. The molecule has 1 unspecified atom stereocenters. The van der Waals surface area contributed by atoms with Gasteiger partial charge in [-0.2, -0.15) is 0 Å². The fraction of sp³-hybridized carbons (Fsp3) is 0.231. The van der Waals surface area contributed by atoms with Crippen molar-refractivity contribution in [1.82, 2.24) is 4.90 Å². The van der Waals surface area contributed by atoms with E-state index in [0.29, 0.717) is 6.04 Å². The van der Waals surface area contributed by atoms with E-state index >= 15 is 0 Å². The van der Waals surface area contributed by atoms with E-state index in [1.165, 1.54) is 5.56 Å². The van der Waals surface area contributed by atoms with E-state index in [4.69, 9.17) is 0 Å². The zero-order valence-corrected chi connectivity index (χ0v) is 8.69. The van der Waals surface area contributed by atoms with Gasteiger partial charge >= 0.3 is 0 Å². The molecule has 0 N–H and O–H groups in total. The number of hydrogen-bond acceptors (Lipinski definition) is 1. The Kier molecular flexibility index (Phi) is 3.99. The maximum atomic E-state index is 3.75. The molecule has 1 rings (SSSR count). The number of hydrogen-bond donors (Lipinski definition) is 0. The first kappa shape index (κ1) is 10.6. The van der Waals surface area contributed by atoms with Gasteiger partial charge in [-0.1, -0.05) is 43.5 Å². The van der Waals surface area contributed by atoms with Gasteiger partial charge in [0.1, 0.15) is 0 Å². The van der Waals surface area contributed by atoms with Gasteiger partial charge in [0, 0.05) is 6.04 Å².